The van der Waals surface area contributed by atoms with Crippen molar-refractivity contribution in [1.29, 1.82) is 0 Å². The van der Waals surface area contributed by atoms with Crippen LogP contribution in [-0.4, -0.2) is 26.3 Å². The lowest BCUT2D eigenvalue weighted by Gasteiger charge is -2.35. The molecule has 112 valence electrons. The standard InChI is InChI=1S/C14H18ClF3N2/c1-19-9-10-8-12(15)2-3-13(10)20-6-4-11(5-7-20)14(16,17)18/h2-3,8,11,19H,4-7,9H2,1H3. The number of piperidine rings is 1. The maximum Gasteiger partial charge on any atom is 0.391 e. The fourth-order valence-corrected chi connectivity index (χ4v) is 2.84. The maximum absolute atomic E-state index is 12.7. The van der Waals surface area contributed by atoms with Crippen molar-refractivity contribution >= 4 is 17.3 Å². The second-order valence-corrected chi connectivity index (χ2v) is 5.54. The molecule has 2 rings (SSSR count). The molecule has 1 aliphatic rings. The average Bonchev–Trinajstić information content (AvgIpc) is 2.38. The molecule has 1 saturated heterocycles. The number of anilines is 1. The molecule has 0 aromatic heterocycles. The molecule has 0 amide bonds. The van der Waals surface area contributed by atoms with Crippen LogP contribution in [0.15, 0.2) is 18.2 Å². The molecule has 0 radical (unpaired) electrons. The minimum Gasteiger partial charge on any atom is -0.371 e. The number of alkyl halides is 3. The molecular weight excluding hydrogens is 289 g/mol. The van der Waals surface area contributed by atoms with Gasteiger partial charge in [-0.1, -0.05) is 11.6 Å². The number of nitrogens with one attached hydrogen (secondary N) is 1. The Bertz CT molecular complexity index is 454. The molecule has 0 bridgehead atoms. The molecule has 20 heavy (non-hydrogen) atoms. The van der Waals surface area contributed by atoms with E-state index in [9.17, 15) is 13.2 Å². The Balaban J connectivity index is 2.10. The van der Waals surface area contributed by atoms with Crippen molar-refractivity contribution in [2.75, 3.05) is 25.0 Å². The number of halogens is 4. The van der Waals surface area contributed by atoms with Gasteiger partial charge in [0.2, 0.25) is 0 Å². The van der Waals surface area contributed by atoms with Crippen molar-refractivity contribution < 1.29 is 13.2 Å². The third kappa shape index (κ3) is 3.58. The molecular formula is C14H18ClF3N2. The number of nitrogens with zero attached hydrogens (tertiary/aromatic N) is 1. The number of hydrogen-bond acceptors (Lipinski definition) is 2. The Hall–Kier alpha value is -0.940. The average molecular weight is 307 g/mol. The van der Waals surface area contributed by atoms with E-state index in [1.807, 2.05) is 24.1 Å². The predicted octanol–water partition coefficient (Wildman–Crippen LogP) is 3.84. The summed E-state index contributed by atoms with van der Waals surface area (Å²) in [6.45, 7) is 1.51. The highest BCUT2D eigenvalue weighted by Crippen LogP contribution is 2.36. The lowest BCUT2D eigenvalue weighted by atomic mass is 9.95. The van der Waals surface area contributed by atoms with Crippen LogP contribution in [-0.2, 0) is 6.54 Å². The molecule has 0 aliphatic carbocycles. The second kappa shape index (κ2) is 6.22. The van der Waals surface area contributed by atoms with Crippen LogP contribution < -0.4 is 10.2 Å². The quantitative estimate of drug-likeness (QED) is 0.913. The molecule has 1 aliphatic heterocycles. The van der Waals surface area contributed by atoms with Crippen LogP contribution in [0.25, 0.3) is 0 Å². The summed E-state index contributed by atoms with van der Waals surface area (Å²) >= 11 is 5.98. The highest BCUT2D eigenvalue weighted by Gasteiger charge is 2.41. The number of hydrogen-bond donors (Lipinski definition) is 1. The van der Waals surface area contributed by atoms with Gasteiger partial charge in [0, 0.05) is 30.3 Å². The first-order valence-corrected chi connectivity index (χ1v) is 7.04. The summed E-state index contributed by atoms with van der Waals surface area (Å²) in [4.78, 5) is 2.02. The number of benzene rings is 1. The van der Waals surface area contributed by atoms with Crippen LogP contribution in [0.2, 0.25) is 5.02 Å². The fraction of sp³-hybridized carbons (Fsp3) is 0.571. The molecule has 1 aromatic carbocycles. The van der Waals surface area contributed by atoms with Crippen molar-refractivity contribution in [3.63, 3.8) is 0 Å². The summed E-state index contributed by atoms with van der Waals surface area (Å²) < 4.78 is 38.0. The lowest BCUT2D eigenvalue weighted by molar-refractivity contribution is -0.179. The van der Waals surface area contributed by atoms with Gasteiger partial charge in [-0.05, 0) is 43.7 Å². The third-order valence-corrected chi connectivity index (χ3v) is 3.94. The van der Waals surface area contributed by atoms with E-state index in [0.717, 1.165) is 11.3 Å². The number of rotatable bonds is 3. The van der Waals surface area contributed by atoms with Gasteiger partial charge in [-0.25, -0.2) is 0 Å². The molecule has 2 nitrogen and oxygen atoms in total. The largest absolute Gasteiger partial charge is 0.391 e. The summed E-state index contributed by atoms with van der Waals surface area (Å²) in [5.41, 5.74) is 2.00. The van der Waals surface area contributed by atoms with Crippen LogP contribution in [0.5, 0.6) is 0 Å². The van der Waals surface area contributed by atoms with Gasteiger partial charge in [-0.3, -0.25) is 0 Å². The molecule has 1 N–H and O–H groups in total. The molecule has 0 unspecified atom stereocenters. The zero-order valence-electron chi connectivity index (χ0n) is 11.3. The van der Waals surface area contributed by atoms with E-state index < -0.39 is 12.1 Å². The zero-order chi connectivity index (χ0) is 14.8. The molecule has 1 fully saturated rings. The van der Waals surface area contributed by atoms with E-state index in [-0.39, 0.29) is 12.8 Å². The first kappa shape index (κ1) is 15.4. The van der Waals surface area contributed by atoms with Crippen molar-refractivity contribution in [3.8, 4) is 0 Å². The fourth-order valence-electron chi connectivity index (χ4n) is 2.64. The summed E-state index contributed by atoms with van der Waals surface area (Å²) in [5, 5.41) is 3.70. The predicted molar refractivity (Wildman–Crippen MR) is 75.2 cm³/mol. The van der Waals surface area contributed by atoms with Crippen LogP contribution in [0.4, 0.5) is 18.9 Å². The molecule has 1 heterocycles. The van der Waals surface area contributed by atoms with E-state index in [4.69, 9.17) is 11.6 Å². The van der Waals surface area contributed by atoms with Gasteiger partial charge in [-0.2, -0.15) is 13.2 Å². The van der Waals surface area contributed by atoms with E-state index in [2.05, 4.69) is 5.32 Å². The minimum absolute atomic E-state index is 0.158. The van der Waals surface area contributed by atoms with E-state index in [0.29, 0.717) is 24.7 Å². The van der Waals surface area contributed by atoms with Gasteiger partial charge in [0.15, 0.2) is 0 Å². The van der Waals surface area contributed by atoms with Crippen LogP contribution >= 0.6 is 11.6 Å². The van der Waals surface area contributed by atoms with Gasteiger partial charge >= 0.3 is 6.18 Å². The van der Waals surface area contributed by atoms with Gasteiger partial charge < -0.3 is 10.2 Å². The Labute approximate surface area is 121 Å². The van der Waals surface area contributed by atoms with Crippen LogP contribution in [0.1, 0.15) is 18.4 Å². The summed E-state index contributed by atoms with van der Waals surface area (Å²) in [5.74, 6) is -1.17. The highest BCUT2D eigenvalue weighted by atomic mass is 35.5. The van der Waals surface area contributed by atoms with Crippen molar-refractivity contribution in [2.45, 2.75) is 25.6 Å². The van der Waals surface area contributed by atoms with E-state index >= 15 is 0 Å². The molecule has 0 spiro atoms. The van der Waals surface area contributed by atoms with Crippen molar-refractivity contribution in [2.24, 2.45) is 5.92 Å². The van der Waals surface area contributed by atoms with Gasteiger partial charge in [0.1, 0.15) is 0 Å². The van der Waals surface area contributed by atoms with Gasteiger partial charge in [-0.15, -0.1) is 0 Å². The van der Waals surface area contributed by atoms with Crippen molar-refractivity contribution in [3.05, 3.63) is 28.8 Å². The molecule has 0 saturated carbocycles. The molecule has 0 atom stereocenters. The Kier molecular flexibility index (Phi) is 4.81. The lowest BCUT2D eigenvalue weighted by Crippen LogP contribution is -2.39. The van der Waals surface area contributed by atoms with Crippen molar-refractivity contribution in [1.82, 2.24) is 5.32 Å². The second-order valence-electron chi connectivity index (χ2n) is 5.11. The topological polar surface area (TPSA) is 15.3 Å². The van der Waals surface area contributed by atoms with Gasteiger partial charge in [0.25, 0.3) is 0 Å². The van der Waals surface area contributed by atoms with Crippen LogP contribution in [0, 0.1) is 5.92 Å². The third-order valence-electron chi connectivity index (χ3n) is 3.71. The minimum atomic E-state index is -4.07. The summed E-state index contributed by atoms with van der Waals surface area (Å²) in [7, 11) is 1.83. The maximum atomic E-state index is 12.7. The first-order valence-electron chi connectivity index (χ1n) is 6.66. The van der Waals surface area contributed by atoms with E-state index in [1.165, 1.54) is 0 Å². The first-order chi connectivity index (χ1) is 9.41. The normalized spacial score (nSPS) is 17.6. The van der Waals surface area contributed by atoms with Crippen LogP contribution in [0.3, 0.4) is 0 Å². The summed E-state index contributed by atoms with van der Waals surface area (Å²) in [6.07, 6.45) is -3.75. The van der Waals surface area contributed by atoms with E-state index in [1.54, 1.807) is 6.07 Å². The Morgan fingerprint density at radius 2 is 1.95 bits per heavy atom. The molecule has 1 aromatic rings. The smallest absolute Gasteiger partial charge is 0.371 e. The van der Waals surface area contributed by atoms with Gasteiger partial charge in [0.05, 0.1) is 5.92 Å². The SMILES string of the molecule is CNCc1cc(Cl)ccc1N1CCC(C(F)(F)F)CC1. The molecule has 6 heteroatoms. The highest BCUT2D eigenvalue weighted by molar-refractivity contribution is 6.30. The Morgan fingerprint density at radius 3 is 2.50 bits per heavy atom. The summed E-state index contributed by atoms with van der Waals surface area (Å²) in [6, 6.07) is 5.54. The zero-order valence-corrected chi connectivity index (χ0v) is 12.1. The monoisotopic (exact) mass is 306 g/mol. The Morgan fingerprint density at radius 1 is 1.30 bits per heavy atom.